The molecule has 0 aliphatic rings. The molecule has 0 saturated heterocycles. The van der Waals surface area contributed by atoms with Crippen molar-refractivity contribution in [2.45, 2.75) is 0 Å². The molecule has 0 radical (unpaired) electrons. The van der Waals surface area contributed by atoms with Crippen LogP contribution in [0.1, 0.15) is 42.2 Å². The number of carboxylic acid groups (broad SMARTS) is 3. The number of carboxylic acids is 3. The highest BCUT2D eigenvalue weighted by Gasteiger charge is 2.24. The van der Waals surface area contributed by atoms with Gasteiger partial charge in [0.2, 0.25) is 0 Å². The predicted molar refractivity (Wildman–Crippen MR) is 79.7 cm³/mol. The Morgan fingerprint density at radius 2 is 1.26 bits per heavy atom. The lowest BCUT2D eigenvalue weighted by atomic mass is 9.95. The zero-order valence-corrected chi connectivity index (χ0v) is 11.6. The van der Waals surface area contributed by atoms with Crippen LogP contribution in [0.4, 0.5) is 0 Å². The highest BCUT2D eigenvalue weighted by molar-refractivity contribution is 6.06. The van der Waals surface area contributed by atoms with Crippen LogP contribution in [0.3, 0.4) is 0 Å². The van der Waals surface area contributed by atoms with Crippen LogP contribution in [0.5, 0.6) is 0 Å². The molecular weight excluding hydrogens is 300 g/mol. The fourth-order valence-electron chi connectivity index (χ4n) is 1.97. The van der Waals surface area contributed by atoms with Gasteiger partial charge in [-0.3, -0.25) is 0 Å². The van der Waals surface area contributed by atoms with Crippen LogP contribution in [-0.4, -0.2) is 33.2 Å². The Labute approximate surface area is 130 Å². The topological polar surface area (TPSA) is 112 Å². The van der Waals surface area contributed by atoms with E-state index in [2.05, 4.69) is 11.8 Å². The first kappa shape index (κ1) is 15.8. The normalized spacial score (nSPS) is 9.57. The first-order valence-corrected chi connectivity index (χ1v) is 6.35. The molecule has 0 amide bonds. The number of hydrogen-bond donors (Lipinski definition) is 3. The number of carbonyl (C=O) groups is 3. The van der Waals surface area contributed by atoms with Crippen molar-refractivity contribution in [2.75, 3.05) is 0 Å². The van der Waals surface area contributed by atoms with Crippen LogP contribution >= 0.6 is 0 Å². The second kappa shape index (κ2) is 6.45. The molecule has 6 heteroatoms. The van der Waals surface area contributed by atoms with E-state index in [-0.39, 0.29) is 11.1 Å². The van der Waals surface area contributed by atoms with Gasteiger partial charge in [0.05, 0.1) is 22.3 Å². The van der Waals surface area contributed by atoms with E-state index in [1.165, 1.54) is 0 Å². The molecule has 0 aromatic heterocycles. The fraction of sp³-hybridized carbons (Fsp3) is 0. The minimum absolute atomic E-state index is 0.339. The van der Waals surface area contributed by atoms with Gasteiger partial charge < -0.3 is 15.3 Å². The average Bonchev–Trinajstić information content (AvgIpc) is 2.52. The molecule has 0 atom stereocenters. The second-order valence-electron chi connectivity index (χ2n) is 4.44. The molecule has 0 saturated carbocycles. The maximum absolute atomic E-state index is 11.4. The van der Waals surface area contributed by atoms with Gasteiger partial charge in [-0.05, 0) is 24.3 Å². The van der Waals surface area contributed by atoms with Gasteiger partial charge in [0.25, 0.3) is 0 Å². The molecule has 0 aliphatic carbocycles. The maximum atomic E-state index is 11.4. The van der Waals surface area contributed by atoms with Gasteiger partial charge >= 0.3 is 17.9 Å². The molecule has 0 spiro atoms. The van der Waals surface area contributed by atoms with Crippen LogP contribution in [-0.2, 0) is 0 Å². The first-order valence-electron chi connectivity index (χ1n) is 6.35. The smallest absolute Gasteiger partial charge is 0.337 e. The van der Waals surface area contributed by atoms with Gasteiger partial charge in [-0.1, -0.05) is 30.0 Å². The van der Waals surface area contributed by atoms with Crippen molar-refractivity contribution >= 4 is 17.9 Å². The Kier molecular flexibility index (Phi) is 4.43. The summed E-state index contributed by atoms with van der Waals surface area (Å²) in [5.74, 6) is 0.719. The van der Waals surface area contributed by atoms with Crippen molar-refractivity contribution in [3.8, 4) is 11.8 Å². The van der Waals surface area contributed by atoms with Gasteiger partial charge in [0.15, 0.2) is 0 Å². The Balaban J connectivity index is 2.75. The third-order valence-corrected chi connectivity index (χ3v) is 2.99. The summed E-state index contributed by atoms with van der Waals surface area (Å²) in [6.45, 7) is 0. The predicted octanol–water partition coefficient (Wildman–Crippen LogP) is 2.18. The number of aromatic carboxylic acids is 3. The summed E-state index contributed by atoms with van der Waals surface area (Å²) in [7, 11) is 0. The molecule has 6 nitrogen and oxygen atoms in total. The zero-order valence-electron chi connectivity index (χ0n) is 11.6. The zero-order chi connectivity index (χ0) is 17.0. The van der Waals surface area contributed by atoms with Crippen molar-refractivity contribution in [1.29, 1.82) is 0 Å². The van der Waals surface area contributed by atoms with Crippen molar-refractivity contribution in [1.82, 2.24) is 0 Å². The van der Waals surface area contributed by atoms with Crippen LogP contribution in [0.25, 0.3) is 0 Å². The van der Waals surface area contributed by atoms with Gasteiger partial charge in [-0.15, -0.1) is 0 Å². The standard InChI is InChI=1S/C17H10O6/c18-15(19)12-8-9-13(16(20)21)14(17(22)23)11(12)7-6-10-4-2-1-3-5-10/h1-5,8-9H,(H,18,19)(H,20,21)(H,22,23). The quantitative estimate of drug-likeness (QED) is 0.749. The van der Waals surface area contributed by atoms with Crippen molar-refractivity contribution in [3.63, 3.8) is 0 Å². The summed E-state index contributed by atoms with van der Waals surface area (Å²) < 4.78 is 0. The average molecular weight is 310 g/mol. The Morgan fingerprint density at radius 1 is 0.696 bits per heavy atom. The van der Waals surface area contributed by atoms with Crippen LogP contribution in [0.15, 0.2) is 42.5 Å². The Hall–Kier alpha value is -3.59. The van der Waals surface area contributed by atoms with E-state index in [4.69, 9.17) is 5.11 Å². The lowest BCUT2D eigenvalue weighted by Crippen LogP contribution is -2.14. The summed E-state index contributed by atoms with van der Waals surface area (Å²) in [6, 6.07) is 10.5. The highest BCUT2D eigenvalue weighted by Crippen LogP contribution is 2.20. The summed E-state index contributed by atoms with van der Waals surface area (Å²) in [5, 5.41) is 27.6. The van der Waals surface area contributed by atoms with Gasteiger partial charge in [0.1, 0.15) is 0 Å². The SMILES string of the molecule is O=C(O)c1ccc(C(=O)O)c(C(=O)O)c1C#Cc1ccccc1. The third kappa shape index (κ3) is 3.36. The molecule has 2 aromatic carbocycles. The lowest BCUT2D eigenvalue weighted by molar-refractivity contribution is 0.0649. The van der Waals surface area contributed by atoms with Crippen molar-refractivity contribution in [3.05, 3.63) is 70.3 Å². The highest BCUT2D eigenvalue weighted by atomic mass is 16.4. The number of benzene rings is 2. The Bertz CT molecular complexity index is 856. The molecule has 23 heavy (non-hydrogen) atoms. The van der Waals surface area contributed by atoms with Crippen LogP contribution < -0.4 is 0 Å². The lowest BCUT2D eigenvalue weighted by Gasteiger charge is -2.07. The first-order chi connectivity index (χ1) is 10.9. The second-order valence-corrected chi connectivity index (χ2v) is 4.44. The minimum atomic E-state index is -1.55. The van der Waals surface area contributed by atoms with E-state index >= 15 is 0 Å². The van der Waals surface area contributed by atoms with Crippen molar-refractivity contribution < 1.29 is 29.7 Å². The molecule has 0 heterocycles. The number of rotatable bonds is 3. The van der Waals surface area contributed by atoms with Gasteiger partial charge in [0, 0.05) is 5.56 Å². The molecule has 0 aliphatic heterocycles. The third-order valence-electron chi connectivity index (χ3n) is 2.99. The maximum Gasteiger partial charge on any atom is 0.337 e. The van der Waals surface area contributed by atoms with E-state index in [0.717, 1.165) is 12.1 Å². The molecule has 0 fully saturated rings. The fourth-order valence-corrected chi connectivity index (χ4v) is 1.97. The molecule has 2 aromatic rings. The summed E-state index contributed by atoms with van der Waals surface area (Å²) in [4.78, 5) is 33.9. The summed E-state index contributed by atoms with van der Waals surface area (Å²) in [6.07, 6.45) is 0. The Morgan fingerprint density at radius 3 is 1.78 bits per heavy atom. The molecule has 0 unspecified atom stereocenters. The van der Waals surface area contributed by atoms with Crippen LogP contribution in [0, 0.1) is 11.8 Å². The minimum Gasteiger partial charge on any atom is -0.478 e. The molecule has 2 rings (SSSR count). The van der Waals surface area contributed by atoms with Gasteiger partial charge in [-0.25, -0.2) is 14.4 Å². The molecule has 3 N–H and O–H groups in total. The van der Waals surface area contributed by atoms with E-state index in [1.54, 1.807) is 30.3 Å². The largest absolute Gasteiger partial charge is 0.478 e. The monoisotopic (exact) mass is 310 g/mol. The van der Waals surface area contributed by atoms with Gasteiger partial charge in [-0.2, -0.15) is 0 Å². The molecule has 0 bridgehead atoms. The van der Waals surface area contributed by atoms with E-state index < -0.39 is 29.0 Å². The van der Waals surface area contributed by atoms with E-state index in [9.17, 15) is 24.6 Å². The molecule has 114 valence electrons. The molecular formula is C17H10O6. The van der Waals surface area contributed by atoms with E-state index in [0.29, 0.717) is 5.56 Å². The van der Waals surface area contributed by atoms with Crippen molar-refractivity contribution in [2.24, 2.45) is 0 Å². The summed E-state index contributed by atoms with van der Waals surface area (Å²) >= 11 is 0. The summed E-state index contributed by atoms with van der Waals surface area (Å²) in [5.41, 5.74) is -1.31. The van der Waals surface area contributed by atoms with E-state index in [1.807, 2.05) is 0 Å². The van der Waals surface area contributed by atoms with Crippen LogP contribution in [0.2, 0.25) is 0 Å². The number of hydrogen-bond acceptors (Lipinski definition) is 3.